The van der Waals surface area contributed by atoms with Crippen LogP contribution in [0, 0.1) is 28.6 Å². The average molecular weight is 617 g/mol. The number of aliphatic hydroxyl groups is 1. The van der Waals surface area contributed by atoms with Crippen LogP contribution in [0.2, 0.25) is 0 Å². The standard InChI is InChI=1S/C34H49F5O2S/c1-31-15-13-27-26-12-11-25(40)21-24(26)20-23(30(27)28(31)22-29(41)32(31)16-17-32)10-7-5-3-2-4-6-8-18-42-19-9-14-33(35,36)34(37,38)39/h11-12,21,23,27-30,40-41H,2-10,13-20,22H2,1H3/t23?,27?,28?,29-,30?,31+/m1/s1. The summed E-state index contributed by atoms with van der Waals surface area (Å²) in [5.41, 5.74) is 3.20. The number of alkyl halides is 5. The number of benzene rings is 1. The van der Waals surface area contributed by atoms with Crippen LogP contribution >= 0.6 is 11.8 Å². The minimum atomic E-state index is -5.44. The Hall–Kier alpha value is -1.02. The normalized spacial score (nSPS) is 31.5. The maximum absolute atomic E-state index is 12.9. The van der Waals surface area contributed by atoms with E-state index in [1.165, 1.54) is 80.7 Å². The zero-order valence-electron chi connectivity index (χ0n) is 25.0. The van der Waals surface area contributed by atoms with Crippen molar-refractivity contribution in [3.05, 3.63) is 29.3 Å². The second-order valence-corrected chi connectivity index (χ2v) is 15.4. The summed E-state index contributed by atoms with van der Waals surface area (Å²) in [6, 6.07) is 6.02. The van der Waals surface area contributed by atoms with E-state index in [0.29, 0.717) is 35.2 Å². The number of fused-ring (bicyclic) bond motifs is 6. The molecule has 0 radical (unpaired) electrons. The van der Waals surface area contributed by atoms with Crippen LogP contribution in [0.5, 0.6) is 5.75 Å². The summed E-state index contributed by atoms with van der Waals surface area (Å²) in [6.07, 6.45) is 9.10. The Morgan fingerprint density at radius 3 is 2.26 bits per heavy atom. The number of rotatable bonds is 14. The van der Waals surface area contributed by atoms with Gasteiger partial charge in [-0.3, -0.25) is 0 Å². The number of hydrogen-bond acceptors (Lipinski definition) is 3. The van der Waals surface area contributed by atoms with E-state index in [2.05, 4.69) is 13.0 Å². The van der Waals surface area contributed by atoms with Gasteiger partial charge in [-0.15, -0.1) is 0 Å². The SMILES string of the molecule is C[C@]12CCC3c4ccc(O)cc4CC(CCCCCCCCCSCCCC(F)(F)C(F)(F)F)C3C1C[C@@H](O)C21CC1. The van der Waals surface area contributed by atoms with E-state index in [9.17, 15) is 32.2 Å². The molecule has 2 nitrogen and oxygen atoms in total. The van der Waals surface area contributed by atoms with Crippen LogP contribution in [0.4, 0.5) is 22.0 Å². The molecule has 0 bridgehead atoms. The van der Waals surface area contributed by atoms with Gasteiger partial charge in [0.25, 0.3) is 0 Å². The molecule has 0 amide bonds. The molecule has 1 aromatic carbocycles. The van der Waals surface area contributed by atoms with Gasteiger partial charge in [0.1, 0.15) is 5.75 Å². The van der Waals surface area contributed by atoms with Crippen LogP contribution < -0.4 is 0 Å². The van der Waals surface area contributed by atoms with Crippen LogP contribution in [0.15, 0.2) is 18.2 Å². The number of aromatic hydroxyl groups is 1. The maximum Gasteiger partial charge on any atom is 0.453 e. The predicted octanol–water partition coefficient (Wildman–Crippen LogP) is 10.1. The molecule has 238 valence electrons. The minimum absolute atomic E-state index is 0.117. The Morgan fingerprint density at radius 1 is 0.905 bits per heavy atom. The Balaban J connectivity index is 1.02. The average Bonchev–Trinajstić information content (AvgIpc) is 3.71. The third-order valence-corrected chi connectivity index (χ3v) is 13.0. The Morgan fingerprint density at radius 2 is 1.57 bits per heavy atom. The van der Waals surface area contributed by atoms with Gasteiger partial charge < -0.3 is 10.2 Å². The lowest BCUT2D eigenvalue weighted by molar-refractivity contribution is -0.284. The summed E-state index contributed by atoms with van der Waals surface area (Å²) in [5, 5.41) is 21.4. The Bertz CT molecular complexity index is 1060. The maximum atomic E-state index is 12.9. The molecule has 0 aromatic heterocycles. The number of unbranched alkanes of at least 4 members (excludes halogenated alkanes) is 6. The molecule has 1 aromatic rings. The van der Waals surface area contributed by atoms with Crippen molar-refractivity contribution >= 4 is 11.8 Å². The second-order valence-electron chi connectivity index (χ2n) is 14.2. The van der Waals surface area contributed by atoms with Gasteiger partial charge in [0.2, 0.25) is 0 Å². The number of hydrogen-bond donors (Lipinski definition) is 2. The van der Waals surface area contributed by atoms with Crippen molar-refractivity contribution < 1.29 is 32.2 Å². The molecule has 1 spiro atoms. The van der Waals surface area contributed by atoms with Crippen molar-refractivity contribution in [1.29, 1.82) is 0 Å². The number of phenolic OH excluding ortho intramolecular Hbond substituents is 1. The van der Waals surface area contributed by atoms with Crippen molar-refractivity contribution in [3.8, 4) is 5.75 Å². The van der Waals surface area contributed by atoms with Gasteiger partial charge in [0.05, 0.1) is 6.10 Å². The largest absolute Gasteiger partial charge is 0.508 e. The lowest BCUT2D eigenvalue weighted by Gasteiger charge is -2.54. The van der Waals surface area contributed by atoms with Crippen molar-refractivity contribution in [2.24, 2.45) is 28.6 Å². The molecule has 4 aliphatic rings. The molecule has 4 unspecified atom stereocenters. The first kappa shape index (κ1) is 32.4. The fourth-order valence-electron chi connectivity index (χ4n) is 9.46. The van der Waals surface area contributed by atoms with E-state index >= 15 is 0 Å². The molecule has 5 rings (SSSR count). The summed E-state index contributed by atoms with van der Waals surface area (Å²) < 4.78 is 62.5. The quantitative estimate of drug-likeness (QED) is 0.161. The van der Waals surface area contributed by atoms with Gasteiger partial charge in [0, 0.05) is 11.8 Å². The zero-order valence-corrected chi connectivity index (χ0v) is 25.9. The molecule has 8 heteroatoms. The number of aliphatic hydroxyl groups excluding tert-OH is 1. The third kappa shape index (κ3) is 6.37. The first-order chi connectivity index (χ1) is 19.9. The number of halogens is 5. The molecule has 0 saturated heterocycles. The second kappa shape index (κ2) is 12.8. The van der Waals surface area contributed by atoms with E-state index in [0.717, 1.165) is 37.9 Å². The molecule has 6 atom stereocenters. The smallest absolute Gasteiger partial charge is 0.453 e. The number of thioether (sulfide) groups is 1. The minimum Gasteiger partial charge on any atom is -0.508 e. The van der Waals surface area contributed by atoms with Gasteiger partial charge in [-0.1, -0.05) is 51.5 Å². The predicted molar refractivity (Wildman–Crippen MR) is 159 cm³/mol. The van der Waals surface area contributed by atoms with Gasteiger partial charge in [-0.05, 0) is 122 Å². The molecule has 3 saturated carbocycles. The lowest BCUT2D eigenvalue weighted by atomic mass is 9.50. The highest BCUT2D eigenvalue weighted by molar-refractivity contribution is 7.99. The van der Waals surface area contributed by atoms with Gasteiger partial charge in [0.15, 0.2) is 0 Å². The first-order valence-electron chi connectivity index (χ1n) is 16.4. The van der Waals surface area contributed by atoms with E-state index in [1.807, 2.05) is 12.1 Å². The fourth-order valence-corrected chi connectivity index (χ4v) is 10.4. The molecular weight excluding hydrogens is 567 g/mol. The summed E-state index contributed by atoms with van der Waals surface area (Å²) >= 11 is 1.48. The monoisotopic (exact) mass is 616 g/mol. The van der Waals surface area contributed by atoms with Crippen molar-refractivity contribution in [2.45, 2.75) is 134 Å². The summed E-state index contributed by atoms with van der Waals surface area (Å²) in [5.74, 6) is -0.711. The Labute approximate surface area is 252 Å². The third-order valence-electron chi connectivity index (χ3n) is 11.9. The van der Waals surface area contributed by atoms with Gasteiger partial charge >= 0.3 is 12.1 Å². The highest BCUT2D eigenvalue weighted by Crippen LogP contribution is 2.76. The fraction of sp³-hybridized carbons (Fsp3) is 0.824. The highest BCUT2D eigenvalue weighted by atomic mass is 32.2. The molecule has 0 heterocycles. The van der Waals surface area contributed by atoms with E-state index < -0.39 is 18.5 Å². The van der Waals surface area contributed by atoms with Crippen LogP contribution in [0.3, 0.4) is 0 Å². The zero-order chi connectivity index (χ0) is 30.2. The molecule has 2 N–H and O–H groups in total. The summed E-state index contributed by atoms with van der Waals surface area (Å²) in [4.78, 5) is 0. The van der Waals surface area contributed by atoms with Crippen molar-refractivity contribution in [1.82, 2.24) is 0 Å². The van der Waals surface area contributed by atoms with E-state index in [4.69, 9.17) is 0 Å². The van der Waals surface area contributed by atoms with Crippen LogP contribution in [0.1, 0.15) is 120 Å². The lowest BCUT2D eigenvalue weighted by Crippen LogP contribution is -2.46. The van der Waals surface area contributed by atoms with Crippen LogP contribution in [-0.4, -0.2) is 39.9 Å². The summed E-state index contributed by atoms with van der Waals surface area (Å²) in [6.45, 7) is 2.49. The van der Waals surface area contributed by atoms with Crippen molar-refractivity contribution in [2.75, 3.05) is 11.5 Å². The molecular formula is C34H49F5O2S. The van der Waals surface area contributed by atoms with Crippen molar-refractivity contribution in [3.63, 3.8) is 0 Å². The number of phenols is 1. The molecule has 0 aliphatic heterocycles. The summed E-state index contributed by atoms with van der Waals surface area (Å²) in [7, 11) is 0. The first-order valence-corrected chi connectivity index (χ1v) is 17.6. The van der Waals surface area contributed by atoms with Crippen LogP contribution in [-0.2, 0) is 6.42 Å². The molecule has 42 heavy (non-hydrogen) atoms. The molecule has 4 aliphatic carbocycles. The topological polar surface area (TPSA) is 40.5 Å². The van der Waals surface area contributed by atoms with Gasteiger partial charge in [-0.2, -0.15) is 33.7 Å². The highest BCUT2D eigenvalue weighted by Gasteiger charge is 2.71. The Kier molecular flexibility index (Phi) is 9.84. The molecule has 3 fully saturated rings. The van der Waals surface area contributed by atoms with E-state index in [-0.39, 0.29) is 23.4 Å². The van der Waals surface area contributed by atoms with Crippen LogP contribution in [0.25, 0.3) is 0 Å². The van der Waals surface area contributed by atoms with E-state index in [1.54, 1.807) is 0 Å². The van der Waals surface area contributed by atoms with Gasteiger partial charge in [-0.25, -0.2) is 0 Å².